The van der Waals surface area contributed by atoms with E-state index in [-0.39, 0.29) is 0 Å². The minimum Gasteiger partial charge on any atom is -0.387 e. The Labute approximate surface area is 99.9 Å². The van der Waals surface area contributed by atoms with Crippen molar-refractivity contribution in [3.05, 3.63) is 16.4 Å². The van der Waals surface area contributed by atoms with Gasteiger partial charge in [-0.1, -0.05) is 11.6 Å². The molecule has 0 aliphatic rings. The third-order valence-corrected chi connectivity index (χ3v) is 2.93. The molecule has 92 valence electrons. The second kappa shape index (κ2) is 5.63. The van der Waals surface area contributed by atoms with Crippen molar-refractivity contribution in [1.29, 1.82) is 0 Å². The number of aliphatic hydroxyl groups excluding tert-OH is 1. The summed E-state index contributed by atoms with van der Waals surface area (Å²) in [4.78, 5) is 0. The summed E-state index contributed by atoms with van der Waals surface area (Å²) in [6.07, 6.45) is -1.07. The van der Waals surface area contributed by atoms with Crippen LogP contribution in [0.5, 0.6) is 0 Å². The van der Waals surface area contributed by atoms with Gasteiger partial charge in [-0.3, -0.25) is 4.68 Å². The van der Waals surface area contributed by atoms with E-state index in [0.29, 0.717) is 11.6 Å². The first kappa shape index (κ1) is 13.4. The monoisotopic (exact) mass is 248 g/mol. The van der Waals surface area contributed by atoms with Crippen molar-refractivity contribution in [1.82, 2.24) is 9.78 Å². The molecule has 1 aromatic rings. The van der Waals surface area contributed by atoms with Crippen LogP contribution in [0.2, 0.25) is 5.15 Å². The summed E-state index contributed by atoms with van der Waals surface area (Å²) in [6, 6.07) is 0. The Bertz CT molecular complexity index is 350. The first-order chi connectivity index (χ1) is 7.51. The van der Waals surface area contributed by atoms with Gasteiger partial charge in [-0.25, -0.2) is 0 Å². The van der Waals surface area contributed by atoms with Crippen LogP contribution in [-0.4, -0.2) is 41.5 Å². The van der Waals surface area contributed by atoms with E-state index in [9.17, 15) is 5.11 Å². The van der Waals surface area contributed by atoms with Gasteiger partial charge in [-0.05, 0) is 6.92 Å². The zero-order chi connectivity index (χ0) is 12.3. The molecule has 0 bridgehead atoms. The van der Waals surface area contributed by atoms with Crippen LogP contribution in [0.4, 0.5) is 0 Å². The smallest absolute Gasteiger partial charge is 0.183 e. The lowest BCUT2D eigenvalue weighted by atomic mass is 10.1. The predicted molar refractivity (Wildman–Crippen MR) is 60.5 cm³/mol. The highest BCUT2D eigenvalue weighted by atomic mass is 35.5. The molecule has 1 heterocycles. The molecule has 0 spiro atoms. The Hall–Kier alpha value is -0.620. The predicted octanol–water partition coefficient (Wildman–Crippen LogP) is 0.904. The Morgan fingerprint density at radius 3 is 2.38 bits per heavy atom. The molecular weight excluding hydrogens is 232 g/mol. The highest BCUT2D eigenvalue weighted by molar-refractivity contribution is 6.30. The average Bonchev–Trinajstić information content (AvgIpc) is 2.47. The van der Waals surface area contributed by atoms with E-state index in [2.05, 4.69) is 5.10 Å². The molecule has 1 unspecified atom stereocenters. The molecule has 16 heavy (non-hydrogen) atoms. The first-order valence-corrected chi connectivity index (χ1v) is 5.30. The molecule has 0 fully saturated rings. The van der Waals surface area contributed by atoms with Crippen molar-refractivity contribution < 1.29 is 14.6 Å². The number of aliphatic hydroxyl groups is 1. The normalized spacial score (nSPS) is 13.4. The molecule has 5 nitrogen and oxygen atoms in total. The van der Waals surface area contributed by atoms with E-state index in [4.69, 9.17) is 21.1 Å². The summed E-state index contributed by atoms with van der Waals surface area (Å²) in [5, 5.41) is 14.6. The van der Waals surface area contributed by atoms with Gasteiger partial charge in [0.1, 0.15) is 11.3 Å². The van der Waals surface area contributed by atoms with Crippen LogP contribution in [0.15, 0.2) is 0 Å². The second-order valence-electron chi connectivity index (χ2n) is 3.59. The number of hydrogen-bond acceptors (Lipinski definition) is 4. The number of aryl methyl sites for hydroxylation is 2. The Balaban J connectivity index is 2.80. The molecule has 1 atom stereocenters. The van der Waals surface area contributed by atoms with Crippen LogP contribution in [0.1, 0.15) is 11.3 Å². The molecule has 0 aliphatic heterocycles. The standard InChI is InChI=1S/C10H17ClN2O3/c1-6-7(9(11)13(2)12-6)5-8(14)10(15-3)16-4/h8,10,14H,5H2,1-4H3. The fraction of sp³-hybridized carbons (Fsp3) is 0.700. The maximum absolute atomic E-state index is 9.87. The van der Waals surface area contributed by atoms with Gasteiger partial charge in [-0.2, -0.15) is 5.10 Å². The largest absolute Gasteiger partial charge is 0.387 e. The fourth-order valence-corrected chi connectivity index (χ4v) is 1.87. The van der Waals surface area contributed by atoms with E-state index < -0.39 is 12.4 Å². The van der Waals surface area contributed by atoms with Gasteiger partial charge in [0.15, 0.2) is 6.29 Å². The number of hydrogen-bond donors (Lipinski definition) is 1. The molecule has 1 rings (SSSR count). The highest BCUT2D eigenvalue weighted by Gasteiger charge is 2.22. The first-order valence-electron chi connectivity index (χ1n) is 4.92. The van der Waals surface area contributed by atoms with Crippen LogP contribution in [0.3, 0.4) is 0 Å². The lowest BCUT2D eigenvalue weighted by molar-refractivity contribution is -0.163. The summed E-state index contributed by atoms with van der Waals surface area (Å²) in [7, 11) is 4.72. The zero-order valence-corrected chi connectivity index (χ0v) is 10.7. The van der Waals surface area contributed by atoms with Crippen LogP contribution >= 0.6 is 11.6 Å². The Morgan fingerprint density at radius 2 is 2.00 bits per heavy atom. The summed E-state index contributed by atoms with van der Waals surface area (Å²) < 4.78 is 11.5. The van der Waals surface area contributed by atoms with E-state index >= 15 is 0 Å². The second-order valence-corrected chi connectivity index (χ2v) is 3.95. The third-order valence-electron chi connectivity index (χ3n) is 2.46. The topological polar surface area (TPSA) is 56.5 Å². The minimum absolute atomic E-state index is 0.352. The van der Waals surface area contributed by atoms with Gasteiger partial charge in [-0.15, -0.1) is 0 Å². The molecule has 1 N–H and O–H groups in total. The van der Waals surface area contributed by atoms with Gasteiger partial charge in [0.2, 0.25) is 0 Å². The zero-order valence-electron chi connectivity index (χ0n) is 9.90. The van der Waals surface area contributed by atoms with Crippen molar-refractivity contribution in [2.45, 2.75) is 25.7 Å². The van der Waals surface area contributed by atoms with Crippen LogP contribution in [0.25, 0.3) is 0 Å². The summed E-state index contributed by atoms with van der Waals surface area (Å²) >= 11 is 6.06. The molecule has 6 heteroatoms. The van der Waals surface area contributed by atoms with E-state index in [0.717, 1.165) is 11.3 Å². The lowest BCUT2D eigenvalue weighted by Gasteiger charge is -2.19. The molecule has 0 amide bonds. The number of aromatic nitrogens is 2. The average molecular weight is 249 g/mol. The van der Waals surface area contributed by atoms with Crippen molar-refractivity contribution in [2.24, 2.45) is 7.05 Å². The molecule has 0 radical (unpaired) electrons. The highest BCUT2D eigenvalue weighted by Crippen LogP contribution is 2.21. The van der Waals surface area contributed by atoms with Gasteiger partial charge in [0, 0.05) is 33.3 Å². The van der Waals surface area contributed by atoms with Gasteiger partial charge >= 0.3 is 0 Å². The van der Waals surface area contributed by atoms with Crippen molar-refractivity contribution in [2.75, 3.05) is 14.2 Å². The molecule has 0 aliphatic carbocycles. The summed E-state index contributed by atoms with van der Waals surface area (Å²) in [5.41, 5.74) is 1.62. The fourth-order valence-electron chi connectivity index (χ4n) is 1.62. The van der Waals surface area contributed by atoms with Crippen LogP contribution < -0.4 is 0 Å². The SMILES string of the molecule is COC(OC)C(O)Cc1c(C)nn(C)c1Cl. The lowest BCUT2D eigenvalue weighted by Crippen LogP contribution is -2.31. The maximum Gasteiger partial charge on any atom is 0.183 e. The number of methoxy groups -OCH3 is 2. The molecule has 1 aromatic heterocycles. The molecule has 0 saturated carbocycles. The molecule has 0 aromatic carbocycles. The summed E-state index contributed by atoms with van der Waals surface area (Å²) in [6.45, 7) is 1.85. The van der Waals surface area contributed by atoms with Gasteiger partial charge in [0.05, 0.1) is 5.69 Å². The summed E-state index contributed by atoms with van der Waals surface area (Å²) in [5.74, 6) is 0. The van der Waals surface area contributed by atoms with Crippen LogP contribution in [0, 0.1) is 6.92 Å². The third kappa shape index (κ3) is 2.74. The van der Waals surface area contributed by atoms with E-state index in [1.54, 1.807) is 11.7 Å². The minimum atomic E-state index is -0.768. The van der Waals surface area contributed by atoms with E-state index in [1.165, 1.54) is 14.2 Å². The van der Waals surface area contributed by atoms with Crippen molar-refractivity contribution in [3.63, 3.8) is 0 Å². The van der Waals surface area contributed by atoms with E-state index in [1.807, 2.05) is 6.92 Å². The number of nitrogens with zero attached hydrogens (tertiary/aromatic N) is 2. The van der Waals surface area contributed by atoms with Crippen molar-refractivity contribution in [3.8, 4) is 0 Å². The Kier molecular flexibility index (Phi) is 4.73. The molecule has 0 saturated heterocycles. The molecular formula is C10H17ClN2O3. The van der Waals surface area contributed by atoms with Gasteiger partial charge in [0.25, 0.3) is 0 Å². The van der Waals surface area contributed by atoms with Crippen LogP contribution in [-0.2, 0) is 22.9 Å². The number of rotatable bonds is 5. The van der Waals surface area contributed by atoms with Gasteiger partial charge < -0.3 is 14.6 Å². The van der Waals surface area contributed by atoms with Crippen molar-refractivity contribution >= 4 is 11.6 Å². The number of ether oxygens (including phenoxy) is 2. The number of halogens is 1. The maximum atomic E-state index is 9.87. The quantitative estimate of drug-likeness (QED) is 0.787. The Morgan fingerprint density at radius 1 is 1.44 bits per heavy atom.